The second-order valence-corrected chi connectivity index (χ2v) is 6.03. The number of hydrogen-bond acceptors (Lipinski definition) is 4. The molecule has 1 aromatic carbocycles. The average Bonchev–Trinajstić information content (AvgIpc) is 3.13. The maximum absolute atomic E-state index is 12.9. The normalized spacial score (nSPS) is 20.9. The fourth-order valence-electron chi connectivity index (χ4n) is 3.11. The number of aryl methyl sites for hydroxylation is 1. The van der Waals surface area contributed by atoms with Gasteiger partial charge in [0.15, 0.2) is 0 Å². The van der Waals surface area contributed by atoms with Gasteiger partial charge in [-0.3, -0.25) is 4.79 Å². The third-order valence-corrected chi connectivity index (χ3v) is 4.30. The number of amides is 1. The molecule has 6 nitrogen and oxygen atoms in total. The van der Waals surface area contributed by atoms with E-state index in [9.17, 15) is 4.79 Å². The third-order valence-electron chi connectivity index (χ3n) is 4.30. The lowest BCUT2D eigenvalue weighted by Crippen LogP contribution is -2.32. The number of imidazole rings is 1. The van der Waals surface area contributed by atoms with Gasteiger partial charge < -0.3 is 19.9 Å². The van der Waals surface area contributed by atoms with Crippen molar-refractivity contribution in [3.8, 4) is 0 Å². The predicted molar refractivity (Wildman–Crippen MR) is 87.0 cm³/mol. The number of aromatic nitrogens is 2. The Labute approximate surface area is 135 Å². The van der Waals surface area contributed by atoms with Crippen molar-refractivity contribution in [3.05, 3.63) is 53.6 Å². The zero-order chi connectivity index (χ0) is 16.4. The lowest BCUT2D eigenvalue weighted by Gasteiger charge is -2.18. The number of rotatable bonds is 4. The van der Waals surface area contributed by atoms with E-state index in [1.165, 1.54) is 0 Å². The summed E-state index contributed by atoms with van der Waals surface area (Å²) in [5.74, 6) is 0.0845. The number of likely N-dealkylation sites (tertiary alicyclic amines) is 1. The number of benzene rings is 1. The Hall–Kier alpha value is -2.18. The van der Waals surface area contributed by atoms with Gasteiger partial charge >= 0.3 is 0 Å². The summed E-state index contributed by atoms with van der Waals surface area (Å²) in [6.45, 7) is 1.56. The number of methoxy groups -OCH3 is 1. The van der Waals surface area contributed by atoms with Crippen molar-refractivity contribution in [3.63, 3.8) is 0 Å². The van der Waals surface area contributed by atoms with Gasteiger partial charge in [0.05, 0.1) is 18.6 Å². The molecule has 2 aromatic rings. The molecule has 0 unspecified atom stereocenters. The Morgan fingerprint density at radius 1 is 1.39 bits per heavy atom. The summed E-state index contributed by atoms with van der Waals surface area (Å²) in [6, 6.07) is 7.46. The Kier molecular flexibility index (Phi) is 4.45. The minimum absolute atomic E-state index is 0.00605. The summed E-state index contributed by atoms with van der Waals surface area (Å²) >= 11 is 0. The molecule has 1 saturated heterocycles. The van der Waals surface area contributed by atoms with Crippen LogP contribution in [0.5, 0.6) is 0 Å². The largest absolute Gasteiger partial charge is 0.380 e. The van der Waals surface area contributed by atoms with E-state index in [0.29, 0.717) is 25.3 Å². The van der Waals surface area contributed by atoms with Crippen LogP contribution in [0.3, 0.4) is 0 Å². The topological polar surface area (TPSA) is 73.4 Å². The van der Waals surface area contributed by atoms with E-state index in [0.717, 1.165) is 11.3 Å². The lowest BCUT2D eigenvalue weighted by molar-refractivity contribution is 0.0784. The van der Waals surface area contributed by atoms with E-state index in [1.807, 2.05) is 47.0 Å². The molecule has 122 valence electrons. The van der Waals surface area contributed by atoms with Crippen LogP contribution >= 0.6 is 0 Å². The second kappa shape index (κ2) is 6.52. The van der Waals surface area contributed by atoms with Crippen LogP contribution in [0.1, 0.15) is 27.5 Å². The van der Waals surface area contributed by atoms with Gasteiger partial charge in [-0.15, -0.1) is 0 Å². The molecule has 2 heterocycles. The highest BCUT2D eigenvalue weighted by Gasteiger charge is 2.35. The maximum Gasteiger partial charge on any atom is 0.254 e. The summed E-state index contributed by atoms with van der Waals surface area (Å²) in [5, 5.41) is 0. The van der Waals surface area contributed by atoms with Crippen LogP contribution < -0.4 is 5.73 Å². The van der Waals surface area contributed by atoms with Crippen LogP contribution in [-0.4, -0.2) is 46.6 Å². The fourth-order valence-corrected chi connectivity index (χ4v) is 3.11. The molecule has 2 atom stereocenters. The van der Waals surface area contributed by atoms with Gasteiger partial charge in [0.2, 0.25) is 0 Å². The van der Waals surface area contributed by atoms with E-state index in [2.05, 4.69) is 4.98 Å². The van der Waals surface area contributed by atoms with Crippen LogP contribution in [0, 0.1) is 0 Å². The van der Waals surface area contributed by atoms with Crippen molar-refractivity contribution in [2.45, 2.75) is 18.6 Å². The molecule has 1 fully saturated rings. The lowest BCUT2D eigenvalue weighted by atomic mass is 10.0. The summed E-state index contributed by atoms with van der Waals surface area (Å²) in [4.78, 5) is 19.1. The number of carbonyl (C=O) groups is 1. The minimum Gasteiger partial charge on any atom is -0.380 e. The van der Waals surface area contributed by atoms with Crippen LogP contribution in [-0.2, 0) is 18.4 Å². The van der Waals surface area contributed by atoms with Gasteiger partial charge in [0, 0.05) is 51.0 Å². The van der Waals surface area contributed by atoms with E-state index < -0.39 is 0 Å². The predicted octanol–water partition coefficient (Wildman–Crippen LogP) is 1.13. The van der Waals surface area contributed by atoms with E-state index in [-0.39, 0.29) is 17.9 Å². The summed E-state index contributed by atoms with van der Waals surface area (Å²) in [6.07, 6.45) is 3.73. The van der Waals surface area contributed by atoms with E-state index in [4.69, 9.17) is 10.5 Å². The monoisotopic (exact) mass is 314 g/mol. The van der Waals surface area contributed by atoms with Gasteiger partial charge in [-0.25, -0.2) is 4.98 Å². The number of nitrogens with two attached hydrogens (primary N) is 1. The zero-order valence-corrected chi connectivity index (χ0v) is 13.5. The van der Waals surface area contributed by atoms with Crippen molar-refractivity contribution in [1.82, 2.24) is 14.5 Å². The van der Waals surface area contributed by atoms with Gasteiger partial charge in [-0.1, -0.05) is 18.2 Å². The Bertz CT molecular complexity index is 697. The first-order valence-corrected chi connectivity index (χ1v) is 7.69. The quantitative estimate of drug-likeness (QED) is 0.918. The maximum atomic E-state index is 12.9. The first kappa shape index (κ1) is 15.7. The van der Waals surface area contributed by atoms with E-state index in [1.54, 1.807) is 13.4 Å². The van der Waals surface area contributed by atoms with E-state index >= 15 is 0 Å². The summed E-state index contributed by atoms with van der Waals surface area (Å²) < 4.78 is 7.09. The van der Waals surface area contributed by atoms with Crippen molar-refractivity contribution in [2.24, 2.45) is 12.8 Å². The van der Waals surface area contributed by atoms with Gasteiger partial charge in [-0.2, -0.15) is 0 Å². The van der Waals surface area contributed by atoms with Crippen molar-refractivity contribution in [1.29, 1.82) is 0 Å². The van der Waals surface area contributed by atoms with Crippen LogP contribution in [0.15, 0.2) is 36.8 Å². The Morgan fingerprint density at radius 3 is 2.87 bits per heavy atom. The standard InChI is InChI=1S/C17H22N4O2/c1-20-9-16(19-11-20)14-7-21(8-15(14)18)17(22)13-6-4-3-5-12(13)10-23-2/h3-6,9,11,14-15H,7-8,10,18H2,1-2H3/t14-,15-/m1/s1. The molecule has 6 heteroatoms. The average molecular weight is 314 g/mol. The Morgan fingerprint density at radius 2 is 2.17 bits per heavy atom. The number of ether oxygens (including phenoxy) is 1. The molecule has 1 amide bonds. The summed E-state index contributed by atoms with van der Waals surface area (Å²) in [5.41, 5.74) is 8.78. The minimum atomic E-state index is -0.0940. The number of carbonyl (C=O) groups excluding carboxylic acids is 1. The van der Waals surface area contributed by atoms with Gasteiger partial charge in [0.1, 0.15) is 0 Å². The van der Waals surface area contributed by atoms with Crippen molar-refractivity contribution < 1.29 is 9.53 Å². The fraction of sp³-hybridized carbons (Fsp3) is 0.412. The molecular formula is C17H22N4O2. The molecule has 1 aliphatic heterocycles. The highest BCUT2D eigenvalue weighted by molar-refractivity contribution is 5.96. The van der Waals surface area contributed by atoms with Crippen LogP contribution in [0.2, 0.25) is 0 Å². The molecule has 3 rings (SSSR count). The number of nitrogens with zero attached hydrogens (tertiary/aromatic N) is 3. The van der Waals surface area contributed by atoms with Crippen LogP contribution in [0.4, 0.5) is 0 Å². The third kappa shape index (κ3) is 3.13. The molecule has 0 spiro atoms. The molecule has 0 radical (unpaired) electrons. The number of hydrogen-bond donors (Lipinski definition) is 1. The molecule has 1 aliphatic rings. The van der Waals surface area contributed by atoms with Gasteiger partial charge in [0.25, 0.3) is 5.91 Å². The van der Waals surface area contributed by atoms with Crippen LogP contribution in [0.25, 0.3) is 0 Å². The smallest absolute Gasteiger partial charge is 0.254 e. The van der Waals surface area contributed by atoms with Crippen molar-refractivity contribution in [2.75, 3.05) is 20.2 Å². The molecule has 0 aliphatic carbocycles. The molecule has 23 heavy (non-hydrogen) atoms. The molecule has 0 saturated carbocycles. The SMILES string of the molecule is COCc1ccccc1C(=O)N1C[C@@H](N)[C@H](c2cn(C)cn2)C1. The second-order valence-electron chi connectivity index (χ2n) is 6.03. The highest BCUT2D eigenvalue weighted by atomic mass is 16.5. The first-order chi connectivity index (χ1) is 11.1. The Balaban J connectivity index is 1.79. The molecule has 2 N–H and O–H groups in total. The molecule has 1 aromatic heterocycles. The van der Waals surface area contributed by atoms with Gasteiger partial charge in [-0.05, 0) is 11.6 Å². The molecule has 0 bridgehead atoms. The highest BCUT2D eigenvalue weighted by Crippen LogP contribution is 2.27. The zero-order valence-electron chi connectivity index (χ0n) is 13.5. The summed E-state index contributed by atoms with van der Waals surface area (Å²) in [7, 11) is 3.56. The first-order valence-electron chi connectivity index (χ1n) is 7.69. The van der Waals surface area contributed by atoms with Crippen molar-refractivity contribution >= 4 is 5.91 Å². The molecular weight excluding hydrogens is 292 g/mol.